The molecule has 2 saturated carbocycles. The van der Waals surface area contributed by atoms with Gasteiger partial charge in [-0.05, 0) is 63.5 Å². The zero-order valence-corrected chi connectivity index (χ0v) is 24.1. The molecule has 0 unspecified atom stereocenters. The minimum atomic E-state index is -0.418. The van der Waals surface area contributed by atoms with Crippen LogP contribution in [0.3, 0.4) is 0 Å². The molecule has 6 nitrogen and oxygen atoms in total. The van der Waals surface area contributed by atoms with Crippen LogP contribution in [0.25, 0.3) is 0 Å². The number of aliphatic hydroxyl groups excluding tert-OH is 2. The molecular formula is C34H46N2O4. The first-order valence-electron chi connectivity index (χ1n) is 15.4. The van der Waals surface area contributed by atoms with Gasteiger partial charge in [-0.3, -0.25) is 9.59 Å². The van der Waals surface area contributed by atoms with E-state index in [1.807, 2.05) is 60.0 Å². The summed E-state index contributed by atoms with van der Waals surface area (Å²) in [7, 11) is 0. The van der Waals surface area contributed by atoms with Crippen LogP contribution in [0.1, 0.15) is 75.3 Å². The summed E-state index contributed by atoms with van der Waals surface area (Å²) in [6.45, 7) is 7.19. The van der Waals surface area contributed by atoms with E-state index in [0.29, 0.717) is 0 Å². The van der Waals surface area contributed by atoms with E-state index in [2.05, 4.69) is 24.3 Å². The molecule has 8 atom stereocenters. The van der Waals surface area contributed by atoms with Crippen molar-refractivity contribution >= 4 is 11.8 Å². The van der Waals surface area contributed by atoms with Gasteiger partial charge >= 0.3 is 0 Å². The average Bonchev–Trinajstić information content (AvgIpc) is 3.91. The molecule has 2 aromatic carbocycles. The van der Waals surface area contributed by atoms with Crippen LogP contribution in [0.5, 0.6) is 0 Å². The third kappa shape index (κ3) is 6.28. The number of carbonyl (C=O) groups excluding carboxylic acids is 2. The van der Waals surface area contributed by atoms with Crippen molar-refractivity contribution in [1.82, 2.24) is 9.80 Å². The van der Waals surface area contributed by atoms with Crippen molar-refractivity contribution in [3.05, 3.63) is 71.8 Å². The second kappa shape index (κ2) is 12.9. The van der Waals surface area contributed by atoms with Gasteiger partial charge in [0.2, 0.25) is 11.8 Å². The lowest BCUT2D eigenvalue weighted by molar-refractivity contribution is -0.135. The zero-order chi connectivity index (χ0) is 28.2. The maximum absolute atomic E-state index is 12.7. The summed E-state index contributed by atoms with van der Waals surface area (Å²) in [5, 5.41) is 19.9. The lowest BCUT2D eigenvalue weighted by atomic mass is 10.1. The molecule has 0 aromatic heterocycles. The van der Waals surface area contributed by atoms with Crippen molar-refractivity contribution in [3.8, 4) is 0 Å². The number of hydrogen-bond acceptors (Lipinski definition) is 4. The van der Waals surface area contributed by atoms with Crippen LogP contribution < -0.4 is 0 Å². The molecule has 2 aromatic rings. The van der Waals surface area contributed by atoms with Crippen molar-refractivity contribution in [2.24, 2.45) is 23.7 Å². The molecule has 0 spiro atoms. The van der Waals surface area contributed by atoms with Gasteiger partial charge in [0.05, 0.1) is 24.0 Å². The molecule has 216 valence electrons. The number of nitrogens with zero attached hydrogens (tertiary/aromatic N) is 2. The Balaban J connectivity index is 0.000000161. The van der Waals surface area contributed by atoms with Gasteiger partial charge in [-0.1, -0.05) is 60.7 Å². The van der Waals surface area contributed by atoms with E-state index in [1.165, 1.54) is 24.0 Å². The van der Waals surface area contributed by atoms with E-state index in [-0.39, 0.29) is 47.3 Å². The molecule has 40 heavy (non-hydrogen) atoms. The molecule has 2 aliphatic carbocycles. The first kappa shape index (κ1) is 28.8. The van der Waals surface area contributed by atoms with Crippen molar-refractivity contribution in [1.29, 1.82) is 0 Å². The van der Waals surface area contributed by atoms with Gasteiger partial charge < -0.3 is 20.0 Å². The topological polar surface area (TPSA) is 81.1 Å². The maximum Gasteiger partial charge on any atom is 0.226 e. The van der Waals surface area contributed by atoms with Gasteiger partial charge in [-0.2, -0.15) is 0 Å². The summed E-state index contributed by atoms with van der Waals surface area (Å²) in [6.07, 6.45) is 6.11. The number of amides is 2. The predicted molar refractivity (Wildman–Crippen MR) is 157 cm³/mol. The molecule has 2 amide bonds. The Morgan fingerprint density at radius 3 is 1.23 bits per heavy atom. The quantitative estimate of drug-likeness (QED) is 0.545. The normalized spacial score (nSPS) is 30.9. The third-order valence-electron chi connectivity index (χ3n) is 9.54. The number of piperidine rings is 2. The largest absolute Gasteiger partial charge is 0.393 e. The monoisotopic (exact) mass is 546 g/mol. The Labute approximate surface area is 239 Å². The highest BCUT2D eigenvalue weighted by Crippen LogP contribution is 2.57. The first-order chi connectivity index (χ1) is 19.4. The molecule has 2 aliphatic heterocycles. The van der Waals surface area contributed by atoms with E-state index < -0.39 is 12.2 Å². The van der Waals surface area contributed by atoms with Crippen LogP contribution >= 0.6 is 0 Å². The van der Waals surface area contributed by atoms with Gasteiger partial charge in [-0.25, -0.2) is 0 Å². The Hall–Kier alpha value is -2.70. The van der Waals surface area contributed by atoms with Crippen molar-refractivity contribution < 1.29 is 19.8 Å². The summed E-state index contributed by atoms with van der Waals surface area (Å²) < 4.78 is 0. The van der Waals surface area contributed by atoms with E-state index in [0.717, 1.165) is 51.9 Å². The highest BCUT2D eigenvalue weighted by atomic mass is 16.3. The minimum Gasteiger partial charge on any atom is -0.393 e. The number of likely N-dealkylation sites (tertiary alicyclic amines) is 2. The molecule has 2 heterocycles. The first-order valence-corrected chi connectivity index (χ1v) is 15.4. The van der Waals surface area contributed by atoms with Crippen LogP contribution in [0.2, 0.25) is 0 Å². The van der Waals surface area contributed by atoms with Crippen LogP contribution in [0.4, 0.5) is 0 Å². The van der Waals surface area contributed by atoms with Crippen molar-refractivity contribution in [3.63, 3.8) is 0 Å². The Kier molecular flexibility index (Phi) is 9.27. The SMILES string of the molecule is C[C@H](O)[C@@H]1[C@@H](C(=O)N2CCCCC2)[C@@H]1c1ccccc1.C[C@H](O)[C@@H]1[C@@H](C(=O)N2CCCCC2)[C@@H]1c1ccccc1. The number of benzene rings is 2. The lowest BCUT2D eigenvalue weighted by Crippen LogP contribution is -2.37. The number of rotatable bonds is 6. The highest BCUT2D eigenvalue weighted by molar-refractivity contribution is 5.84. The summed E-state index contributed by atoms with van der Waals surface area (Å²) >= 11 is 0. The van der Waals surface area contributed by atoms with Gasteiger partial charge in [0.1, 0.15) is 0 Å². The van der Waals surface area contributed by atoms with E-state index in [4.69, 9.17) is 0 Å². The fourth-order valence-electron chi connectivity index (χ4n) is 7.37. The number of aliphatic hydroxyl groups is 2. The van der Waals surface area contributed by atoms with Gasteiger partial charge in [0.15, 0.2) is 0 Å². The summed E-state index contributed by atoms with van der Waals surface area (Å²) in [6, 6.07) is 20.3. The molecule has 0 radical (unpaired) electrons. The van der Waals surface area contributed by atoms with Gasteiger partial charge in [0.25, 0.3) is 0 Å². The second-order valence-corrected chi connectivity index (χ2v) is 12.3. The highest BCUT2D eigenvalue weighted by Gasteiger charge is 2.59. The lowest BCUT2D eigenvalue weighted by Gasteiger charge is -2.27. The molecule has 6 heteroatoms. The Morgan fingerprint density at radius 1 is 0.600 bits per heavy atom. The zero-order valence-electron chi connectivity index (χ0n) is 24.1. The molecule has 2 saturated heterocycles. The second-order valence-electron chi connectivity index (χ2n) is 12.3. The smallest absolute Gasteiger partial charge is 0.226 e. The van der Waals surface area contributed by atoms with Crippen LogP contribution in [0, 0.1) is 23.7 Å². The van der Waals surface area contributed by atoms with Crippen molar-refractivity contribution in [2.45, 2.75) is 76.4 Å². The predicted octanol–water partition coefficient (Wildman–Crippen LogP) is 4.82. The Bertz CT molecular complexity index is 1020. The average molecular weight is 547 g/mol. The van der Waals surface area contributed by atoms with Crippen LogP contribution in [-0.4, -0.2) is 70.2 Å². The number of hydrogen-bond donors (Lipinski definition) is 2. The van der Waals surface area contributed by atoms with Crippen molar-refractivity contribution in [2.75, 3.05) is 26.2 Å². The van der Waals surface area contributed by atoms with E-state index >= 15 is 0 Å². The van der Waals surface area contributed by atoms with Gasteiger partial charge in [-0.15, -0.1) is 0 Å². The third-order valence-corrected chi connectivity index (χ3v) is 9.54. The summed E-state index contributed by atoms with van der Waals surface area (Å²) in [5.41, 5.74) is 2.38. The molecule has 6 rings (SSSR count). The molecular weight excluding hydrogens is 500 g/mol. The molecule has 4 fully saturated rings. The number of carbonyl (C=O) groups is 2. The minimum absolute atomic E-state index is 0.0181. The Morgan fingerprint density at radius 2 is 0.925 bits per heavy atom. The maximum atomic E-state index is 12.7. The van der Waals surface area contributed by atoms with Gasteiger partial charge in [0, 0.05) is 49.9 Å². The summed E-state index contributed by atoms with van der Waals surface area (Å²) in [4.78, 5) is 29.4. The van der Waals surface area contributed by atoms with Crippen LogP contribution in [0.15, 0.2) is 60.7 Å². The fourth-order valence-corrected chi connectivity index (χ4v) is 7.37. The molecule has 2 N–H and O–H groups in total. The van der Waals surface area contributed by atoms with E-state index in [1.54, 1.807) is 0 Å². The standard InChI is InChI=1S/2C17H23NO2/c2*1-12(19)14-15(13-8-4-2-5-9-13)16(14)17(20)18-10-6-3-7-11-18/h2*2,4-5,8-9,12,14-16,19H,3,6-7,10-11H2,1H3/t2*12-,14-,15+,16+/m00/s1. The summed E-state index contributed by atoms with van der Waals surface area (Å²) in [5.74, 6) is 1.05. The molecule has 0 bridgehead atoms. The fraction of sp³-hybridized carbons (Fsp3) is 0.588. The molecule has 4 aliphatic rings. The van der Waals surface area contributed by atoms with Crippen LogP contribution in [-0.2, 0) is 9.59 Å². The van der Waals surface area contributed by atoms with E-state index in [9.17, 15) is 19.8 Å².